The molecule has 74 valence electrons. The van der Waals surface area contributed by atoms with Gasteiger partial charge in [0.15, 0.2) is 0 Å². The summed E-state index contributed by atoms with van der Waals surface area (Å²) in [7, 11) is 0. The number of hydrogen-bond acceptors (Lipinski definition) is 2. The maximum absolute atomic E-state index is 11.7. The number of aliphatic hydroxyl groups is 1. The molecule has 2 amide bonds. The highest BCUT2D eigenvalue weighted by molar-refractivity contribution is 5.75. The van der Waals surface area contributed by atoms with Crippen molar-refractivity contribution in [1.82, 2.24) is 9.80 Å². The summed E-state index contributed by atoms with van der Waals surface area (Å²) in [6.45, 7) is 3.03. The summed E-state index contributed by atoms with van der Waals surface area (Å²) in [5.41, 5.74) is 0. The Morgan fingerprint density at radius 2 is 1.85 bits per heavy atom. The van der Waals surface area contributed by atoms with Gasteiger partial charge < -0.3 is 14.9 Å². The highest BCUT2D eigenvalue weighted by Crippen LogP contribution is 2.15. The van der Waals surface area contributed by atoms with Gasteiger partial charge in [-0.25, -0.2) is 4.79 Å². The molecule has 13 heavy (non-hydrogen) atoms. The van der Waals surface area contributed by atoms with Gasteiger partial charge in [-0.15, -0.1) is 0 Å². The molecule has 0 spiro atoms. The summed E-state index contributed by atoms with van der Waals surface area (Å²) in [5, 5.41) is 9.28. The zero-order valence-electron chi connectivity index (χ0n) is 7.78. The average molecular weight is 184 g/mol. The summed E-state index contributed by atoms with van der Waals surface area (Å²) in [6.07, 6.45) is 2.69. The van der Waals surface area contributed by atoms with E-state index in [0.717, 1.165) is 38.9 Å². The van der Waals surface area contributed by atoms with Crippen molar-refractivity contribution in [3.63, 3.8) is 0 Å². The fraction of sp³-hybridized carbons (Fsp3) is 0.889. The molecule has 2 fully saturated rings. The van der Waals surface area contributed by atoms with Gasteiger partial charge in [0.2, 0.25) is 0 Å². The van der Waals surface area contributed by atoms with Crippen LogP contribution in [0.5, 0.6) is 0 Å². The number of urea groups is 1. The largest absolute Gasteiger partial charge is 0.391 e. The molecule has 2 aliphatic rings. The van der Waals surface area contributed by atoms with Gasteiger partial charge >= 0.3 is 6.03 Å². The van der Waals surface area contributed by atoms with Crippen LogP contribution in [0, 0.1) is 0 Å². The predicted molar refractivity (Wildman–Crippen MR) is 48.4 cm³/mol. The molecule has 2 aliphatic heterocycles. The van der Waals surface area contributed by atoms with Crippen molar-refractivity contribution in [2.45, 2.75) is 25.4 Å². The second-order valence-electron chi connectivity index (χ2n) is 3.87. The first-order valence-corrected chi connectivity index (χ1v) is 4.99. The number of hydrogen-bond donors (Lipinski definition) is 1. The molecule has 0 aromatic rings. The van der Waals surface area contributed by atoms with Gasteiger partial charge in [0, 0.05) is 26.2 Å². The van der Waals surface area contributed by atoms with Gasteiger partial charge in [-0.1, -0.05) is 0 Å². The van der Waals surface area contributed by atoms with Crippen LogP contribution in [0.25, 0.3) is 0 Å². The van der Waals surface area contributed by atoms with Gasteiger partial charge in [0.25, 0.3) is 0 Å². The second kappa shape index (κ2) is 3.54. The van der Waals surface area contributed by atoms with Gasteiger partial charge in [-0.2, -0.15) is 0 Å². The van der Waals surface area contributed by atoms with Crippen LogP contribution >= 0.6 is 0 Å². The minimum absolute atomic E-state index is 0.119. The summed E-state index contributed by atoms with van der Waals surface area (Å²) in [6, 6.07) is 0.119. The number of β-amino-alcohol motifs (C(OH)–C–C–N with tert-alkyl or cyclic N) is 1. The summed E-state index contributed by atoms with van der Waals surface area (Å²) in [4.78, 5) is 15.4. The Hall–Kier alpha value is -0.770. The number of carbonyl (C=O) groups is 1. The molecule has 4 nitrogen and oxygen atoms in total. The average Bonchev–Trinajstić information content (AvgIpc) is 2.72. The third-order valence-corrected chi connectivity index (χ3v) is 2.81. The van der Waals surface area contributed by atoms with E-state index in [9.17, 15) is 9.90 Å². The van der Waals surface area contributed by atoms with Crippen LogP contribution in [0.15, 0.2) is 0 Å². The third-order valence-electron chi connectivity index (χ3n) is 2.81. The summed E-state index contributed by atoms with van der Waals surface area (Å²) >= 11 is 0. The van der Waals surface area contributed by atoms with E-state index in [0.29, 0.717) is 6.54 Å². The number of nitrogens with zero attached hydrogens (tertiary/aromatic N) is 2. The lowest BCUT2D eigenvalue weighted by Gasteiger charge is -2.23. The SMILES string of the molecule is O=C(N1CCCC1)N1CC[C@H](O)C1. The predicted octanol–water partition coefficient (Wildman–Crippen LogP) is 0.269. The van der Waals surface area contributed by atoms with E-state index in [-0.39, 0.29) is 12.1 Å². The molecule has 0 aromatic carbocycles. The maximum Gasteiger partial charge on any atom is 0.320 e. The normalized spacial score (nSPS) is 28.5. The van der Waals surface area contributed by atoms with Crippen molar-refractivity contribution in [1.29, 1.82) is 0 Å². The van der Waals surface area contributed by atoms with E-state index >= 15 is 0 Å². The van der Waals surface area contributed by atoms with Gasteiger partial charge in [0.1, 0.15) is 0 Å². The lowest BCUT2D eigenvalue weighted by Crippen LogP contribution is -2.40. The van der Waals surface area contributed by atoms with Crippen molar-refractivity contribution in [3.8, 4) is 0 Å². The summed E-state index contributed by atoms with van der Waals surface area (Å²) in [5.74, 6) is 0. The second-order valence-corrected chi connectivity index (χ2v) is 3.87. The number of amides is 2. The van der Waals surface area contributed by atoms with Crippen LogP contribution < -0.4 is 0 Å². The molecule has 0 radical (unpaired) electrons. The molecule has 0 aliphatic carbocycles. The first kappa shape index (κ1) is 8.81. The molecular formula is C9H16N2O2. The molecule has 4 heteroatoms. The topological polar surface area (TPSA) is 43.8 Å². The van der Waals surface area contributed by atoms with Gasteiger partial charge in [0.05, 0.1) is 6.10 Å². The van der Waals surface area contributed by atoms with E-state index in [2.05, 4.69) is 0 Å². The lowest BCUT2D eigenvalue weighted by atomic mass is 10.3. The Labute approximate surface area is 78.1 Å². The van der Waals surface area contributed by atoms with Crippen LogP contribution in [0.3, 0.4) is 0 Å². The minimum atomic E-state index is -0.299. The van der Waals surface area contributed by atoms with Crippen LogP contribution in [-0.4, -0.2) is 53.2 Å². The standard InChI is InChI=1S/C9H16N2O2/c12-8-3-6-11(7-8)9(13)10-4-1-2-5-10/h8,12H,1-7H2/t8-/m0/s1. The highest BCUT2D eigenvalue weighted by Gasteiger charge is 2.29. The number of aliphatic hydroxyl groups excluding tert-OH is 1. The van der Waals surface area contributed by atoms with Crippen molar-refractivity contribution in [2.24, 2.45) is 0 Å². The zero-order chi connectivity index (χ0) is 9.26. The Balaban J connectivity index is 1.89. The van der Waals surface area contributed by atoms with E-state index < -0.39 is 0 Å². The van der Waals surface area contributed by atoms with E-state index in [1.165, 1.54) is 0 Å². The molecule has 0 unspecified atom stereocenters. The molecule has 2 rings (SSSR count). The molecule has 0 aromatic heterocycles. The molecule has 1 atom stereocenters. The van der Waals surface area contributed by atoms with E-state index in [4.69, 9.17) is 0 Å². The molecule has 2 heterocycles. The maximum atomic E-state index is 11.7. The zero-order valence-corrected chi connectivity index (χ0v) is 7.78. The minimum Gasteiger partial charge on any atom is -0.391 e. The molecule has 2 saturated heterocycles. The fourth-order valence-corrected chi connectivity index (χ4v) is 2.02. The molecular weight excluding hydrogens is 168 g/mol. The Morgan fingerprint density at radius 3 is 2.38 bits per heavy atom. The number of likely N-dealkylation sites (tertiary alicyclic amines) is 2. The number of carbonyl (C=O) groups excluding carboxylic acids is 1. The molecule has 0 bridgehead atoms. The fourth-order valence-electron chi connectivity index (χ4n) is 2.02. The Bertz CT molecular complexity index is 202. The van der Waals surface area contributed by atoms with Crippen LogP contribution in [0.4, 0.5) is 4.79 Å². The number of rotatable bonds is 0. The molecule has 1 N–H and O–H groups in total. The van der Waals surface area contributed by atoms with Gasteiger partial charge in [-0.05, 0) is 19.3 Å². The quantitative estimate of drug-likeness (QED) is 0.587. The van der Waals surface area contributed by atoms with E-state index in [1.54, 1.807) is 4.90 Å². The van der Waals surface area contributed by atoms with Crippen molar-refractivity contribution < 1.29 is 9.90 Å². The van der Waals surface area contributed by atoms with Crippen molar-refractivity contribution >= 4 is 6.03 Å². The highest BCUT2D eigenvalue weighted by atomic mass is 16.3. The monoisotopic (exact) mass is 184 g/mol. The van der Waals surface area contributed by atoms with Gasteiger partial charge in [-0.3, -0.25) is 0 Å². The van der Waals surface area contributed by atoms with E-state index in [1.807, 2.05) is 4.90 Å². The molecule has 0 saturated carbocycles. The summed E-state index contributed by atoms with van der Waals surface area (Å²) < 4.78 is 0. The van der Waals surface area contributed by atoms with Crippen molar-refractivity contribution in [2.75, 3.05) is 26.2 Å². The first-order valence-electron chi connectivity index (χ1n) is 4.99. The van der Waals surface area contributed by atoms with Crippen LogP contribution in [0.1, 0.15) is 19.3 Å². The Morgan fingerprint density at radius 1 is 1.15 bits per heavy atom. The first-order chi connectivity index (χ1) is 6.27. The van der Waals surface area contributed by atoms with Crippen LogP contribution in [0.2, 0.25) is 0 Å². The smallest absolute Gasteiger partial charge is 0.320 e. The van der Waals surface area contributed by atoms with Crippen molar-refractivity contribution in [3.05, 3.63) is 0 Å². The lowest BCUT2D eigenvalue weighted by molar-refractivity contribution is 0.153. The third kappa shape index (κ3) is 1.77. The van der Waals surface area contributed by atoms with Crippen LogP contribution in [-0.2, 0) is 0 Å². The Kier molecular flexibility index (Phi) is 2.40.